The zero-order valence-corrected chi connectivity index (χ0v) is 13.7. The average molecular weight is 333 g/mol. The fourth-order valence-electron chi connectivity index (χ4n) is 2.20. The Hall–Kier alpha value is 0.423. The smallest absolute Gasteiger partial charge is 1.00 e. The molecule has 0 fully saturated rings. The molecule has 0 aromatic carbocycles. The van der Waals surface area contributed by atoms with Crippen LogP contribution in [0.2, 0.25) is 0 Å². The maximum absolute atomic E-state index is 2.33. The van der Waals surface area contributed by atoms with Crippen LogP contribution in [0, 0.1) is 5.92 Å². The molecule has 2 aliphatic rings. The third-order valence-corrected chi connectivity index (χ3v) is 5.09. The first-order valence-corrected chi connectivity index (χ1v) is 6.35. The number of hydrogen-bond acceptors (Lipinski definition) is 0. The van der Waals surface area contributed by atoms with Crippen LogP contribution in [-0.4, -0.2) is 0 Å². The first-order valence-electron chi connectivity index (χ1n) is 5.12. The van der Waals surface area contributed by atoms with Crippen LogP contribution in [0.25, 0.3) is 0 Å². The van der Waals surface area contributed by atoms with Gasteiger partial charge in [-0.25, -0.2) is 0 Å². The second kappa shape index (κ2) is 6.38. The van der Waals surface area contributed by atoms with Crippen LogP contribution in [0.1, 0.15) is 27.2 Å². The van der Waals surface area contributed by atoms with E-state index in [9.17, 15) is 0 Å². The topological polar surface area (TPSA) is 0 Å². The van der Waals surface area contributed by atoms with Crippen molar-refractivity contribution in [1.82, 2.24) is 0 Å². The van der Waals surface area contributed by atoms with Crippen LogP contribution in [0.4, 0.5) is 0 Å². The van der Waals surface area contributed by atoms with E-state index < -0.39 is 0 Å². The Bertz CT molecular complexity index is 400. The summed E-state index contributed by atoms with van der Waals surface area (Å²) >= 11 is 1.58. The van der Waals surface area contributed by atoms with Crippen molar-refractivity contribution in [1.29, 1.82) is 0 Å². The number of allylic oxidation sites excluding steroid dienone is 8. The minimum absolute atomic E-state index is 0. The van der Waals surface area contributed by atoms with Gasteiger partial charge in [-0.2, -0.15) is 0 Å². The third-order valence-electron chi connectivity index (χ3n) is 3.41. The van der Waals surface area contributed by atoms with Crippen LogP contribution >= 0.6 is 0 Å². The van der Waals surface area contributed by atoms with E-state index in [0.29, 0.717) is 5.92 Å². The number of hydrogen-bond donors (Lipinski definition) is 0. The molecule has 0 saturated heterocycles. The van der Waals surface area contributed by atoms with Gasteiger partial charge < -0.3 is 24.8 Å². The molecule has 0 saturated carbocycles. The van der Waals surface area contributed by atoms with E-state index >= 15 is 0 Å². The second-order valence-electron chi connectivity index (χ2n) is 4.14. The first kappa shape index (κ1) is 16.4. The van der Waals surface area contributed by atoms with E-state index in [1.807, 2.05) is 0 Å². The summed E-state index contributed by atoms with van der Waals surface area (Å²) in [6, 6.07) is 0. The van der Waals surface area contributed by atoms with E-state index in [-0.39, 0.29) is 24.8 Å². The largest absolute Gasteiger partial charge is 1.00 e. The van der Waals surface area contributed by atoms with Gasteiger partial charge >= 0.3 is 102 Å². The molecule has 0 aliphatic heterocycles. The van der Waals surface area contributed by atoms with Gasteiger partial charge in [0.05, 0.1) is 0 Å². The van der Waals surface area contributed by atoms with E-state index in [1.165, 1.54) is 11.1 Å². The molecule has 0 nitrogen and oxygen atoms in total. The Morgan fingerprint density at radius 3 is 2.25 bits per heavy atom. The molecule has 0 aromatic heterocycles. The molecule has 0 bridgehead atoms. The van der Waals surface area contributed by atoms with Gasteiger partial charge in [-0.3, -0.25) is 0 Å². The molecular weight excluding hydrogens is 318 g/mol. The molecule has 0 spiro atoms. The maximum Gasteiger partial charge on any atom is -1.00 e. The summed E-state index contributed by atoms with van der Waals surface area (Å²) in [7, 11) is 0. The third kappa shape index (κ3) is 2.63. The molecule has 0 aromatic rings. The summed E-state index contributed by atoms with van der Waals surface area (Å²) in [5.74, 6) is 0.685. The summed E-state index contributed by atoms with van der Waals surface area (Å²) < 4.78 is 1.64. The average Bonchev–Trinajstić information content (AvgIpc) is 2.73. The van der Waals surface area contributed by atoms with Crippen LogP contribution in [0.15, 0.2) is 43.8 Å². The fourth-order valence-corrected chi connectivity index (χ4v) is 3.59. The molecule has 2 rings (SSSR count). The van der Waals surface area contributed by atoms with E-state index in [0.717, 1.165) is 6.42 Å². The molecular formula is C13H15Cl2Zr. The van der Waals surface area contributed by atoms with Gasteiger partial charge in [0.1, 0.15) is 0 Å². The second-order valence-corrected chi connectivity index (χ2v) is 5.47. The van der Waals surface area contributed by atoms with Crippen molar-refractivity contribution in [2.24, 2.45) is 5.92 Å². The van der Waals surface area contributed by atoms with Gasteiger partial charge in [0.2, 0.25) is 0 Å². The molecule has 0 heterocycles. The summed E-state index contributed by atoms with van der Waals surface area (Å²) in [6.07, 6.45) is 7.83. The monoisotopic (exact) mass is 331 g/mol. The molecule has 0 N–H and O–H groups in total. The van der Waals surface area contributed by atoms with Crippen molar-refractivity contribution in [3.63, 3.8) is 0 Å². The van der Waals surface area contributed by atoms with Gasteiger partial charge in [0.15, 0.2) is 0 Å². The molecule has 1 atom stereocenters. The van der Waals surface area contributed by atoms with Gasteiger partial charge in [-0.05, 0) is 0 Å². The summed E-state index contributed by atoms with van der Waals surface area (Å²) in [4.78, 5) is 0. The Kier molecular flexibility index (Phi) is 6.55. The van der Waals surface area contributed by atoms with Crippen molar-refractivity contribution in [3.8, 4) is 0 Å². The Morgan fingerprint density at radius 1 is 1.25 bits per heavy atom. The minimum atomic E-state index is 0. The van der Waals surface area contributed by atoms with Gasteiger partial charge in [0, 0.05) is 0 Å². The van der Waals surface area contributed by atoms with Crippen molar-refractivity contribution in [3.05, 3.63) is 43.8 Å². The summed E-state index contributed by atoms with van der Waals surface area (Å²) in [5.41, 5.74) is 6.19. The van der Waals surface area contributed by atoms with Crippen molar-refractivity contribution >= 4 is 0 Å². The predicted octanol–water partition coefficient (Wildman–Crippen LogP) is -2.33. The fraction of sp³-hybridized carbons (Fsp3) is 0.385. The van der Waals surface area contributed by atoms with Crippen LogP contribution in [0.3, 0.4) is 0 Å². The van der Waals surface area contributed by atoms with Crippen LogP contribution in [-0.2, 0) is 24.7 Å². The number of halogens is 2. The maximum atomic E-state index is 2.33. The Labute approximate surface area is 126 Å². The Morgan fingerprint density at radius 2 is 1.88 bits per heavy atom. The Balaban J connectivity index is 0.00000112. The molecule has 85 valence electrons. The van der Waals surface area contributed by atoms with Crippen LogP contribution < -0.4 is 24.8 Å². The van der Waals surface area contributed by atoms with Crippen molar-refractivity contribution in [2.45, 2.75) is 27.2 Å². The predicted molar refractivity (Wildman–Crippen MR) is 56.4 cm³/mol. The van der Waals surface area contributed by atoms with E-state index in [2.05, 4.69) is 39.0 Å². The zero-order chi connectivity index (χ0) is 10.3. The minimum Gasteiger partial charge on any atom is -1.00 e. The molecule has 2 aliphatic carbocycles. The van der Waals surface area contributed by atoms with Crippen molar-refractivity contribution in [2.75, 3.05) is 0 Å². The van der Waals surface area contributed by atoms with Gasteiger partial charge in [0.25, 0.3) is 0 Å². The normalized spacial score (nSPS) is 23.3. The zero-order valence-electron chi connectivity index (χ0n) is 9.77. The van der Waals surface area contributed by atoms with Gasteiger partial charge in [-0.1, -0.05) is 0 Å². The SMILES string of the molecule is CC1=C(C)C(C)[C]([Zr+2])=C1C1=CC=CC1.[Cl-].[Cl-]. The standard InChI is InChI=1S/C13H15.2ClH.Zr/c1-9-8-13(11(3)10(9)2)12-6-4-5-7-12;;;/h4-6,9H,7H2,1-3H3;2*1H;/q;;;+2/p-2. The molecule has 0 amide bonds. The number of rotatable bonds is 1. The first-order chi connectivity index (χ1) is 6.63. The van der Waals surface area contributed by atoms with E-state index in [1.54, 1.807) is 39.1 Å². The summed E-state index contributed by atoms with van der Waals surface area (Å²) in [5, 5.41) is 0. The van der Waals surface area contributed by atoms with E-state index in [4.69, 9.17) is 0 Å². The summed E-state index contributed by atoms with van der Waals surface area (Å²) in [6.45, 7) is 6.89. The molecule has 1 unspecified atom stereocenters. The van der Waals surface area contributed by atoms with Crippen LogP contribution in [0.5, 0.6) is 0 Å². The molecule has 3 heteroatoms. The molecule has 16 heavy (non-hydrogen) atoms. The quantitative estimate of drug-likeness (QED) is 0.505. The van der Waals surface area contributed by atoms with Gasteiger partial charge in [-0.15, -0.1) is 0 Å². The molecule has 0 radical (unpaired) electrons. The van der Waals surface area contributed by atoms with Crippen molar-refractivity contribution < 1.29 is 49.5 Å².